The second-order valence-corrected chi connectivity index (χ2v) is 4.98. The van der Waals surface area contributed by atoms with Gasteiger partial charge in [0, 0.05) is 17.6 Å². The predicted molar refractivity (Wildman–Crippen MR) is 72.4 cm³/mol. The lowest BCUT2D eigenvalue weighted by Crippen LogP contribution is -2.29. The van der Waals surface area contributed by atoms with Gasteiger partial charge in [-0.25, -0.2) is 0 Å². The lowest BCUT2D eigenvalue weighted by Gasteiger charge is -2.12. The average molecular weight is 307 g/mol. The Kier molecular flexibility index (Phi) is 6.17. The molecular weight excluding hydrogens is 289 g/mol. The molecule has 1 rings (SSSR count). The van der Waals surface area contributed by atoms with Crippen molar-refractivity contribution in [3.05, 3.63) is 27.7 Å². The lowest BCUT2D eigenvalue weighted by molar-refractivity contribution is 0.304. The maximum absolute atomic E-state index is 5.84. The maximum Gasteiger partial charge on any atom is 0.133 e. The van der Waals surface area contributed by atoms with Crippen LogP contribution in [0.2, 0.25) is 5.02 Å². The zero-order valence-corrected chi connectivity index (χ0v) is 11.9. The van der Waals surface area contributed by atoms with Crippen molar-refractivity contribution in [2.24, 2.45) is 0 Å². The summed E-state index contributed by atoms with van der Waals surface area (Å²) in [5.41, 5.74) is 0. The van der Waals surface area contributed by atoms with E-state index < -0.39 is 0 Å². The van der Waals surface area contributed by atoms with E-state index in [1.807, 2.05) is 18.2 Å². The van der Waals surface area contributed by atoms with Crippen LogP contribution in [-0.2, 0) is 0 Å². The van der Waals surface area contributed by atoms with Gasteiger partial charge in [0.25, 0.3) is 0 Å². The second-order valence-electron chi connectivity index (χ2n) is 3.69. The van der Waals surface area contributed by atoms with Crippen molar-refractivity contribution in [2.75, 3.05) is 13.2 Å². The van der Waals surface area contributed by atoms with E-state index in [9.17, 15) is 0 Å². The van der Waals surface area contributed by atoms with Gasteiger partial charge in [-0.2, -0.15) is 0 Å². The van der Waals surface area contributed by atoms with Gasteiger partial charge in [0.05, 0.1) is 4.47 Å². The van der Waals surface area contributed by atoms with Gasteiger partial charge in [0.2, 0.25) is 0 Å². The SMILES string of the molecule is CC[C@@H](C)NCCOc1ccc(Cl)cc1Br. The highest BCUT2D eigenvalue weighted by Crippen LogP contribution is 2.27. The quantitative estimate of drug-likeness (QED) is 0.806. The van der Waals surface area contributed by atoms with Crippen LogP contribution < -0.4 is 10.1 Å². The van der Waals surface area contributed by atoms with Crippen LogP contribution in [-0.4, -0.2) is 19.2 Å². The zero-order chi connectivity index (χ0) is 12.0. The van der Waals surface area contributed by atoms with Gasteiger partial charge in [-0.05, 0) is 47.5 Å². The summed E-state index contributed by atoms with van der Waals surface area (Å²) in [5, 5.41) is 4.07. The molecule has 4 heteroatoms. The lowest BCUT2D eigenvalue weighted by atomic mass is 10.3. The Morgan fingerprint density at radius 3 is 2.88 bits per heavy atom. The van der Waals surface area contributed by atoms with E-state index in [-0.39, 0.29) is 0 Å². The molecule has 2 nitrogen and oxygen atoms in total. The molecule has 90 valence electrons. The molecule has 0 radical (unpaired) electrons. The molecule has 0 heterocycles. The van der Waals surface area contributed by atoms with Crippen LogP contribution >= 0.6 is 27.5 Å². The molecule has 1 aromatic carbocycles. The molecule has 0 aliphatic heterocycles. The number of rotatable bonds is 6. The van der Waals surface area contributed by atoms with E-state index in [0.717, 1.165) is 23.2 Å². The maximum atomic E-state index is 5.84. The van der Waals surface area contributed by atoms with Gasteiger partial charge in [-0.1, -0.05) is 18.5 Å². The highest BCUT2D eigenvalue weighted by atomic mass is 79.9. The summed E-state index contributed by atoms with van der Waals surface area (Å²) in [4.78, 5) is 0. The topological polar surface area (TPSA) is 21.3 Å². The molecule has 0 saturated carbocycles. The molecule has 0 aromatic heterocycles. The summed E-state index contributed by atoms with van der Waals surface area (Å²) in [6.07, 6.45) is 1.13. The third-order valence-electron chi connectivity index (χ3n) is 2.36. The molecule has 0 amide bonds. The third kappa shape index (κ3) is 4.73. The van der Waals surface area contributed by atoms with Crippen LogP contribution in [0, 0.1) is 0 Å². The van der Waals surface area contributed by atoms with Crippen LogP contribution in [0.3, 0.4) is 0 Å². The van der Waals surface area contributed by atoms with Gasteiger partial charge in [-0.3, -0.25) is 0 Å². The summed E-state index contributed by atoms with van der Waals surface area (Å²) in [6.45, 7) is 5.83. The molecule has 0 fully saturated rings. The van der Waals surface area contributed by atoms with Crippen LogP contribution in [0.15, 0.2) is 22.7 Å². The Labute approximate surface area is 110 Å². The van der Waals surface area contributed by atoms with Crippen LogP contribution in [0.1, 0.15) is 20.3 Å². The standard InChI is InChI=1S/C12H17BrClNO/c1-3-9(2)15-6-7-16-12-5-4-10(14)8-11(12)13/h4-5,8-9,15H,3,6-7H2,1-2H3/t9-/m1/s1. The first-order valence-corrected chi connectivity index (χ1v) is 6.61. The predicted octanol–water partition coefficient (Wildman–Crippen LogP) is 3.87. The first-order chi connectivity index (χ1) is 7.63. The Morgan fingerprint density at radius 1 is 1.50 bits per heavy atom. The highest BCUT2D eigenvalue weighted by molar-refractivity contribution is 9.10. The van der Waals surface area contributed by atoms with Crippen LogP contribution in [0.25, 0.3) is 0 Å². The molecule has 1 atom stereocenters. The molecule has 16 heavy (non-hydrogen) atoms. The largest absolute Gasteiger partial charge is 0.491 e. The number of hydrogen-bond acceptors (Lipinski definition) is 2. The van der Waals surface area contributed by atoms with Gasteiger partial charge in [0.15, 0.2) is 0 Å². The molecular formula is C12H17BrClNO. The monoisotopic (exact) mass is 305 g/mol. The minimum Gasteiger partial charge on any atom is -0.491 e. The fraction of sp³-hybridized carbons (Fsp3) is 0.500. The molecule has 0 aliphatic carbocycles. The number of nitrogens with one attached hydrogen (secondary N) is 1. The molecule has 0 spiro atoms. The first-order valence-electron chi connectivity index (χ1n) is 5.44. The van der Waals surface area contributed by atoms with Gasteiger partial charge < -0.3 is 10.1 Å². The third-order valence-corrected chi connectivity index (χ3v) is 3.21. The number of benzene rings is 1. The average Bonchev–Trinajstić information content (AvgIpc) is 2.26. The Morgan fingerprint density at radius 2 is 2.25 bits per heavy atom. The van der Waals surface area contributed by atoms with Gasteiger partial charge >= 0.3 is 0 Å². The fourth-order valence-corrected chi connectivity index (χ4v) is 2.00. The van der Waals surface area contributed by atoms with Crippen LogP contribution in [0.4, 0.5) is 0 Å². The van der Waals surface area contributed by atoms with Gasteiger partial charge in [-0.15, -0.1) is 0 Å². The summed E-state index contributed by atoms with van der Waals surface area (Å²) >= 11 is 9.25. The van der Waals surface area contributed by atoms with Crippen molar-refractivity contribution >= 4 is 27.5 Å². The normalized spacial score (nSPS) is 12.5. The van der Waals surface area contributed by atoms with E-state index >= 15 is 0 Å². The smallest absolute Gasteiger partial charge is 0.133 e. The van der Waals surface area contributed by atoms with Crippen molar-refractivity contribution in [3.63, 3.8) is 0 Å². The summed E-state index contributed by atoms with van der Waals surface area (Å²) in [5.74, 6) is 0.829. The number of halogens is 2. The van der Waals surface area contributed by atoms with E-state index in [1.165, 1.54) is 0 Å². The Bertz CT molecular complexity index is 333. The molecule has 0 bridgehead atoms. The van der Waals surface area contributed by atoms with E-state index in [4.69, 9.17) is 16.3 Å². The Balaban J connectivity index is 2.32. The molecule has 0 saturated heterocycles. The molecule has 1 aromatic rings. The summed E-state index contributed by atoms with van der Waals surface area (Å²) in [7, 11) is 0. The molecule has 1 N–H and O–H groups in total. The van der Waals surface area contributed by atoms with Crippen molar-refractivity contribution in [2.45, 2.75) is 26.3 Å². The van der Waals surface area contributed by atoms with Crippen molar-refractivity contribution < 1.29 is 4.74 Å². The van der Waals surface area contributed by atoms with Crippen molar-refractivity contribution in [1.82, 2.24) is 5.32 Å². The van der Waals surface area contributed by atoms with Crippen molar-refractivity contribution in [3.8, 4) is 5.75 Å². The fourth-order valence-electron chi connectivity index (χ4n) is 1.20. The molecule has 0 aliphatic rings. The van der Waals surface area contributed by atoms with E-state index in [0.29, 0.717) is 17.7 Å². The molecule has 0 unspecified atom stereocenters. The summed E-state index contributed by atoms with van der Waals surface area (Å²) < 4.78 is 6.51. The Hall–Kier alpha value is -0.250. The second kappa shape index (κ2) is 7.15. The van der Waals surface area contributed by atoms with E-state index in [2.05, 4.69) is 35.1 Å². The zero-order valence-electron chi connectivity index (χ0n) is 9.59. The minimum atomic E-state index is 0.539. The minimum absolute atomic E-state index is 0.539. The number of ether oxygens (including phenoxy) is 1. The highest BCUT2D eigenvalue weighted by Gasteiger charge is 2.02. The summed E-state index contributed by atoms with van der Waals surface area (Å²) in [6, 6.07) is 6.07. The number of hydrogen-bond donors (Lipinski definition) is 1. The van der Waals surface area contributed by atoms with Crippen LogP contribution in [0.5, 0.6) is 5.75 Å². The van der Waals surface area contributed by atoms with Crippen molar-refractivity contribution in [1.29, 1.82) is 0 Å². The first kappa shape index (κ1) is 13.8. The van der Waals surface area contributed by atoms with E-state index in [1.54, 1.807) is 0 Å². The van der Waals surface area contributed by atoms with Gasteiger partial charge in [0.1, 0.15) is 12.4 Å².